The first kappa shape index (κ1) is 19.9. The summed E-state index contributed by atoms with van der Waals surface area (Å²) >= 11 is 0. The number of nitrogens with zero attached hydrogens (tertiary/aromatic N) is 1. The summed E-state index contributed by atoms with van der Waals surface area (Å²) in [6, 6.07) is 10.0. The molecule has 1 N–H and O–H groups in total. The van der Waals surface area contributed by atoms with Gasteiger partial charge in [-0.15, -0.1) is 0 Å². The highest BCUT2D eigenvalue weighted by Gasteiger charge is 2.30. The number of likely N-dealkylation sites (N-methyl/N-ethyl adjacent to an activating group) is 1. The monoisotopic (exact) mass is 386 g/mol. The largest absolute Gasteiger partial charge is 0.416 e. The molecule has 0 atom stereocenters. The van der Waals surface area contributed by atoms with E-state index in [9.17, 15) is 26.4 Å². The Kier molecular flexibility index (Phi) is 5.72. The van der Waals surface area contributed by atoms with Crippen LogP contribution in [-0.4, -0.2) is 32.2 Å². The van der Waals surface area contributed by atoms with E-state index in [1.807, 2.05) is 6.92 Å². The maximum absolute atomic E-state index is 12.5. The van der Waals surface area contributed by atoms with Gasteiger partial charge in [0.15, 0.2) is 0 Å². The third-order valence-corrected chi connectivity index (χ3v) is 5.41. The van der Waals surface area contributed by atoms with Crippen molar-refractivity contribution >= 4 is 21.6 Å². The first-order valence-corrected chi connectivity index (χ1v) is 8.94. The number of anilines is 1. The molecule has 0 spiro atoms. The lowest BCUT2D eigenvalue weighted by Gasteiger charge is -2.17. The Hall–Kier alpha value is -2.39. The van der Waals surface area contributed by atoms with Gasteiger partial charge >= 0.3 is 6.18 Å². The van der Waals surface area contributed by atoms with Crippen LogP contribution in [0.2, 0.25) is 0 Å². The van der Waals surface area contributed by atoms with Crippen molar-refractivity contribution < 1.29 is 26.4 Å². The molecule has 26 heavy (non-hydrogen) atoms. The number of carbonyl (C=O) groups excluding carboxylic acids is 1. The van der Waals surface area contributed by atoms with Crippen LogP contribution < -0.4 is 5.32 Å². The molecule has 0 aromatic heterocycles. The Morgan fingerprint density at radius 2 is 1.58 bits per heavy atom. The van der Waals surface area contributed by atoms with Crippen molar-refractivity contribution in [1.82, 2.24) is 4.31 Å². The van der Waals surface area contributed by atoms with E-state index in [1.54, 1.807) is 12.1 Å². The number of nitrogens with one attached hydrogen (secondary N) is 1. The number of sulfonamides is 1. The highest BCUT2D eigenvalue weighted by atomic mass is 32.2. The summed E-state index contributed by atoms with van der Waals surface area (Å²) in [5.41, 5.74) is 0.199. The van der Waals surface area contributed by atoms with Gasteiger partial charge in [0.05, 0.1) is 17.0 Å². The van der Waals surface area contributed by atoms with E-state index < -0.39 is 34.2 Å². The second-order valence-corrected chi connectivity index (χ2v) is 7.74. The first-order valence-electron chi connectivity index (χ1n) is 7.50. The zero-order valence-electron chi connectivity index (χ0n) is 14.0. The van der Waals surface area contributed by atoms with Gasteiger partial charge < -0.3 is 5.32 Å². The second-order valence-electron chi connectivity index (χ2n) is 5.70. The molecule has 0 fully saturated rings. The topological polar surface area (TPSA) is 66.5 Å². The second kappa shape index (κ2) is 7.46. The van der Waals surface area contributed by atoms with E-state index in [2.05, 4.69) is 5.32 Å². The van der Waals surface area contributed by atoms with Crippen LogP contribution in [0.25, 0.3) is 0 Å². The van der Waals surface area contributed by atoms with Gasteiger partial charge in [-0.1, -0.05) is 17.7 Å². The Morgan fingerprint density at radius 3 is 2.08 bits per heavy atom. The third kappa shape index (κ3) is 4.83. The van der Waals surface area contributed by atoms with E-state index in [1.165, 1.54) is 19.2 Å². The molecule has 1 amide bonds. The van der Waals surface area contributed by atoms with E-state index in [4.69, 9.17) is 0 Å². The lowest BCUT2D eigenvalue weighted by molar-refractivity contribution is -0.137. The molecule has 0 radical (unpaired) electrons. The molecule has 2 rings (SSSR count). The fourth-order valence-corrected chi connectivity index (χ4v) is 3.25. The van der Waals surface area contributed by atoms with E-state index in [-0.39, 0.29) is 10.6 Å². The van der Waals surface area contributed by atoms with Crippen LogP contribution in [0.4, 0.5) is 18.9 Å². The van der Waals surface area contributed by atoms with Crippen LogP contribution in [0.15, 0.2) is 53.4 Å². The summed E-state index contributed by atoms with van der Waals surface area (Å²) in [6.07, 6.45) is -4.47. The molecule has 2 aromatic carbocycles. The molecular weight excluding hydrogens is 369 g/mol. The van der Waals surface area contributed by atoms with Crippen LogP contribution in [0.5, 0.6) is 0 Å². The van der Waals surface area contributed by atoms with Gasteiger partial charge in [0, 0.05) is 12.7 Å². The number of benzene rings is 2. The fourth-order valence-electron chi connectivity index (χ4n) is 2.12. The predicted molar refractivity (Wildman–Crippen MR) is 91.1 cm³/mol. The first-order chi connectivity index (χ1) is 12.0. The molecule has 0 aliphatic carbocycles. The lowest BCUT2D eigenvalue weighted by atomic mass is 10.2. The van der Waals surface area contributed by atoms with Crippen LogP contribution in [0.1, 0.15) is 11.1 Å². The molecule has 9 heteroatoms. The molecular formula is C17H17F3N2O3S. The van der Waals surface area contributed by atoms with Crippen molar-refractivity contribution in [3.05, 3.63) is 59.7 Å². The minimum atomic E-state index is -4.47. The molecule has 2 aromatic rings. The SMILES string of the molecule is Cc1ccc(S(=O)(=O)N(C)CC(=O)Nc2ccc(C(F)(F)F)cc2)cc1. The number of hydrogen-bond acceptors (Lipinski definition) is 3. The summed E-state index contributed by atoms with van der Waals surface area (Å²) in [5.74, 6) is -0.664. The van der Waals surface area contributed by atoms with Gasteiger partial charge in [-0.05, 0) is 43.3 Å². The van der Waals surface area contributed by atoms with Crippen molar-refractivity contribution in [3.63, 3.8) is 0 Å². The fraction of sp³-hybridized carbons (Fsp3) is 0.235. The van der Waals surface area contributed by atoms with Crippen LogP contribution in [-0.2, 0) is 21.0 Å². The molecule has 0 bridgehead atoms. The maximum Gasteiger partial charge on any atom is 0.416 e. The van der Waals surface area contributed by atoms with Crippen molar-refractivity contribution in [2.24, 2.45) is 0 Å². The number of hydrogen-bond donors (Lipinski definition) is 1. The summed E-state index contributed by atoms with van der Waals surface area (Å²) < 4.78 is 63.2. The molecule has 0 aliphatic heterocycles. The number of carbonyl (C=O) groups is 1. The van der Waals surface area contributed by atoms with Crippen LogP contribution >= 0.6 is 0 Å². The molecule has 0 aliphatic rings. The minimum absolute atomic E-state index is 0.0490. The van der Waals surface area contributed by atoms with Gasteiger partial charge in [0.1, 0.15) is 0 Å². The van der Waals surface area contributed by atoms with Crippen molar-refractivity contribution in [1.29, 1.82) is 0 Å². The quantitative estimate of drug-likeness (QED) is 0.858. The van der Waals surface area contributed by atoms with Gasteiger partial charge in [-0.3, -0.25) is 4.79 Å². The molecule has 0 heterocycles. The lowest BCUT2D eigenvalue weighted by Crippen LogP contribution is -2.34. The standard InChI is InChI=1S/C17H17F3N2O3S/c1-12-3-9-15(10-4-12)26(24,25)22(2)11-16(23)21-14-7-5-13(6-8-14)17(18,19)20/h3-10H,11H2,1-2H3,(H,21,23). The zero-order chi connectivity index (χ0) is 19.5. The average molecular weight is 386 g/mol. The van der Waals surface area contributed by atoms with Crippen molar-refractivity contribution in [3.8, 4) is 0 Å². The maximum atomic E-state index is 12.5. The van der Waals surface area contributed by atoms with Gasteiger partial charge in [-0.2, -0.15) is 17.5 Å². The molecule has 0 saturated heterocycles. The van der Waals surface area contributed by atoms with E-state index in [0.717, 1.165) is 34.1 Å². The smallest absolute Gasteiger partial charge is 0.325 e. The number of amides is 1. The van der Waals surface area contributed by atoms with Crippen LogP contribution in [0.3, 0.4) is 0 Å². The van der Waals surface area contributed by atoms with Crippen molar-refractivity contribution in [2.75, 3.05) is 18.9 Å². The average Bonchev–Trinajstić information content (AvgIpc) is 2.54. The third-order valence-electron chi connectivity index (χ3n) is 3.59. The highest BCUT2D eigenvalue weighted by molar-refractivity contribution is 7.89. The Bertz CT molecular complexity index is 877. The summed E-state index contributed by atoms with van der Waals surface area (Å²) in [4.78, 5) is 12.0. The van der Waals surface area contributed by atoms with Gasteiger partial charge in [-0.25, -0.2) is 8.42 Å². The minimum Gasteiger partial charge on any atom is -0.325 e. The zero-order valence-corrected chi connectivity index (χ0v) is 14.9. The predicted octanol–water partition coefficient (Wildman–Crippen LogP) is 3.27. The van der Waals surface area contributed by atoms with E-state index in [0.29, 0.717) is 0 Å². The highest BCUT2D eigenvalue weighted by Crippen LogP contribution is 2.29. The Labute approximate surface area is 149 Å². The van der Waals surface area contributed by atoms with E-state index >= 15 is 0 Å². The molecule has 5 nitrogen and oxygen atoms in total. The summed E-state index contributed by atoms with van der Waals surface area (Å²) in [6.45, 7) is 1.34. The molecule has 140 valence electrons. The molecule has 0 saturated carbocycles. The number of halogens is 3. The normalized spacial score (nSPS) is 12.2. The molecule has 0 unspecified atom stereocenters. The Balaban J connectivity index is 2.03. The number of rotatable bonds is 5. The van der Waals surface area contributed by atoms with Crippen molar-refractivity contribution in [2.45, 2.75) is 18.0 Å². The number of aryl methyl sites for hydroxylation is 1. The Morgan fingerprint density at radius 1 is 1.04 bits per heavy atom. The van der Waals surface area contributed by atoms with Gasteiger partial charge in [0.25, 0.3) is 0 Å². The van der Waals surface area contributed by atoms with Gasteiger partial charge in [0.2, 0.25) is 15.9 Å². The van der Waals surface area contributed by atoms with Crippen LogP contribution in [0, 0.1) is 6.92 Å². The summed E-state index contributed by atoms with van der Waals surface area (Å²) in [5, 5.41) is 2.37. The number of alkyl halides is 3. The summed E-state index contributed by atoms with van der Waals surface area (Å²) in [7, 11) is -2.59.